The summed E-state index contributed by atoms with van der Waals surface area (Å²) in [6.07, 6.45) is 1.66. The molecule has 2 aromatic heterocycles. The predicted molar refractivity (Wildman–Crippen MR) is 73.3 cm³/mol. The first-order chi connectivity index (χ1) is 9.15. The number of hydrogen-bond acceptors (Lipinski definition) is 3. The maximum Gasteiger partial charge on any atom is 0.141 e. The van der Waals surface area contributed by atoms with Gasteiger partial charge in [0.15, 0.2) is 0 Å². The second-order valence-corrected chi connectivity index (χ2v) is 4.56. The quantitative estimate of drug-likeness (QED) is 0.748. The van der Waals surface area contributed by atoms with Crippen LogP contribution in [-0.2, 0) is 0 Å². The zero-order chi connectivity index (χ0) is 13.4. The monoisotopic (exact) mass is 276 g/mol. The van der Waals surface area contributed by atoms with Gasteiger partial charge in [0.05, 0.1) is 15.9 Å². The van der Waals surface area contributed by atoms with Gasteiger partial charge in [-0.25, -0.2) is 9.37 Å². The summed E-state index contributed by atoms with van der Waals surface area (Å²) in [6.45, 7) is 1.92. The van der Waals surface area contributed by atoms with E-state index in [-0.39, 0.29) is 5.02 Å². The molecule has 3 rings (SSSR count). The van der Waals surface area contributed by atoms with E-state index < -0.39 is 5.82 Å². The molecule has 96 valence electrons. The number of rotatable bonds is 2. The number of hydrogen-bond donors (Lipinski definition) is 2. The molecule has 2 heterocycles. The van der Waals surface area contributed by atoms with Crippen molar-refractivity contribution < 1.29 is 4.39 Å². The maximum absolute atomic E-state index is 13.1. The minimum absolute atomic E-state index is 0.0705. The van der Waals surface area contributed by atoms with Crippen molar-refractivity contribution in [1.29, 1.82) is 0 Å². The highest BCUT2D eigenvalue weighted by molar-refractivity contribution is 6.31. The fourth-order valence-corrected chi connectivity index (χ4v) is 2.10. The Morgan fingerprint density at radius 1 is 1.32 bits per heavy atom. The van der Waals surface area contributed by atoms with Crippen LogP contribution in [0.5, 0.6) is 0 Å². The molecule has 0 radical (unpaired) electrons. The first-order valence-electron chi connectivity index (χ1n) is 5.67. The van der Waals surface area contributed by atoms with Gasteiger partial charge in [0, 0.05) is 17.6 Å². The third kappa shape index (κ3) is 2.13. The van der Waals surface area contributed by atoms with Crippen molar-refractivity contribution in [1.82, 2.24) is 15.2 Å². The summed E-state index contributed by atoms with van der Waals surface area (Å²) in [5, 5.41) is 11.2. The van der Waals surface area contributed by atoms with Crippen LogP contribution in [0.25, 0.3) is 10.9 Å². The van der Waals surface area contributed by atoms with Crippen LogP contribution in [-0.4, -0.2) is 15.2 Å². The Morgan fingerprint density at radius 2 is 2.16 bits per heavy atom. The minimum atomic E-state index is -0.446. The van der Waals surface area contributed by atoms with E-state index in [9.17, 15) is 4.39 Å². The molecule has 0 spiro atoms. The van der Waals surface area contributed by atoms with Gasteiger partial charge < -0.3 is 5.32 Å². The maximum atomic E-state index is 13.1. The number of aryl methyl sites for hydroxylation is 1. The van der Waals surface area contributed by atoms with Crippen molar-refractivity contribution in [2.24, 2.45) is 0 Å². The Bertz CT molecular complexity index is 753. The summed E-state index contributed by atoms with van der Waals surface area (Å²) in [5.74, 6) is 0.212. The molecule has 19 heavy (non-hydrogen) atoms. The number of aromatic nitrogens is 3. The van der Waals surface area contributed by atoms with Crippen molar-refractivity contribution in [2.75, 3.05) is 5.32 Å². The van der Waals surface area contributed by atoms with Gasteiger partial charge in [-0.2, -0.15) is 5.10 Å². The topological polar surface area (TPSA) is 53.6 Å². The second-order valence-electron chi connectivity index (χ2n) is 4.16. The molecule has 6 heteroatoms. The lowest BCUT2D eigenvalue weighted by Gasteiger charge is -2.07. The molecule has 0 amide bonds. The molecule has 0 aliphatic carbocycles. The molecule has 0 saturated carbocycles. The highest BCUT2D eigenvalue weighted by Gasteiger charge is 2.09. The molecule has 0 fully saturated rings. The SMILES string of the molecule is Cc1[nH]nc2ccnc(Nc3ccc(F)c(Cl)c3)c12. The van der Waals surface area contributed by atoms with Gasteiger partial charge in [0.1, 0.15) is 11.6 Å². The predicted octanol–water partition coefficient (Wildman–Crippen LogP) is 3.80. The molecule has 0 aliphatic rings. The van der Waals surface area contributed by atoms with E-state index in [2.05, 4.69) is 20.5 Å². The van der Waals surface area contributed by atoms with Gasteiger partial charge >= 0.3 is 0 Å². The van der Waals surface area contributed by atoms with Gasteiger partial charge in [-0.3, -0.25) is 5.10 Å². The van der Waals surface area contributed by atoms with Crippen LogP contribution < -0.4 is 5.32 Å². The Hall–Kier alpha value is -2.14. The number of aromatic amines is 1. The first kappa shape index (κ1) is 11.9. The Labute approximate surface area is 113 Å². The molecule has 2 N–H and O–H groups in total. The van der Waals surface area contributed by atoms with Gasteiger partial charge in [-0.1, -0.05) is 11.6 Å². The molecule has 3 aromatic rings. The Balaban J connectivity index is 2.05. The average Bonchev–Trinajstić information content (AvgIpc) is 2.77. The lowest BCUT2D eigenvalue weighted by molar-refractivity contribution is 0.628. The van der Waals surface area contributed by atoms with Crippen molar-refractivity contribution >= 4 is 34.0 Å². The third-order valence-corrected chi connectivity index (χ3v) is 3.12. The van der Waals surface area contributed by atoms with E-state index in [0.29, 0.717) is 11.5 Å². The minimum Gasteiger partial charge on any atom is -0.340 e. The van der Waals surface area contributed by atoms with E-state index in [4.69, 9.17) is 11.6 Å². The molecule has 0 unspecified atom stereocenters. The Kier molecular flexibility index (Phi) is 2.83. The first-order valence-corrected chi connectivity index (χ1v) is 6.04. The van der Waals surface area contributed by atoms with Crippen molar-refractivity contribution in [3.05, 3.63) is 47.0 Å². The number of fused-ring (bicyclic) bond motifs is 1. The third-order valence-electron chi connectivity index (χ3n) is 2.83. The molecule has 1 aromatic carbocycles. The van der Waals surface area contributed by atoms with Gasteiger partial charge in [0.2, 0.25) is 0 Å². The normalized spacial score (nSPS) is 10.9. The average molecular weight is 277 g/mol. The Morgan fingerprint density at radius 3 is 2.95 bits per heavy atom. The molecular formula is C13H10ClFN4. The zero-order valence-corrected chi connectivity index (χ0v) is 10.8. The summed E-state index contributed by atoms with van der Waals surface area (Å²) >= 11 is 5.75. The van der Waals surface area contributed by atoms with Crippen molar-refractivity contribution in [3.8, 4) is 0 Å². The fourth-order valence-electron chi connectivity index (χ4n) is 1.92. The van der Waals surface area contributed by atoms with Gasteiger partial charge in [0.25, 0.3) is 0 Å². The summed E-state index contributed by atoms with van der Waals surface area (Å²) < 4.78 is 13.1. The van der Waals surface area contributed by atoms with E-state index >= 15 is 0 Å². The number of pyridine rings is 1. The van der Waals surface area contributed by atoms with E-state index in [1.165, 1.54) is 12.1 Å². The second kappa shape index (κ2) is 4.51. The summed E-state index contributed by atoms with van der Waals surface area (Å²) in [6, 6.07) is 6.26. The van der Waals surface area contributed by atoms with Crippen LogP contribution in [0.4, 0.5) is 15.9 Å². The number of benzene rings is 1. The van der Waals surface area contributed by atoms with E-state index in [1.54, 1.807) is 12.3 Å². The van der Waals surface area contributed by atoms with Crippen molar-refractivity contribution in [3.63, 3.8) is 0 Å². The van der Waals surface area contributed by atoms with Crippen LogP contribution in [0.2, 0.25) is 5.02 Å². The van der Waals surface area contributed by atoms with Gasteiger partial charge in [-0.15, -0.1) is 0 Å². The number of anilines is 2. The largest absolute Gasteiger partial charge is 0.340 e. The smallest absolute Gasteiger partial charge is 0.141 e. The van der Waals surface area contributed by atoms with Crippen molar-refractivity contribution in [2.45, 2.75) is 6.92 Å². The molecule has 0 saturated heterocycles. The number of nitrogens with one attached hydrogen (secondary N) is 2. The van der Waals surface area contributed by atoms with Crippen LogP contribution in [0.1, 0.15) is 5.69 Å². The summed E-state index contributed by atoms with van der Waals surface area (Å²) in [7, 11) is 0. The number of halogens is 2. The molecule has 0 bridgehead atoms. The lowest BCUT2D eigenvalue weighted by Crippen LogP contribution is -1.95. The molecular weight excluding hydrogens is 267 g/mol. The molecule has 0 atom stereocenters. The summed E-state index contributed by atoms with van der Waals surface area (Å²) in [5.41, 5.74) is 2.41. The zero-order valence-electron chi connectivity index (χ0n) is 10.0. The number of H-pyrrole nitrogens is 1. The lowest BCUT2D eigenvalue weighted by atomic mass is 10.2. The van der Waals surface area contributed by atoms with E-state index in [1.807, 2.05) is 13.0 Å². The highest BCUT2D eigenvalue weighted by Crippen LogP contribution is 2.27. The fraction of sp³-hybridized carbons (Fsp3) is 0.0769. The van der Waals surface area contributed by atoms with Crippen LogP contribution in [0.3, 0.4) is 0 Å². The van der Waals surface area contributed by atoms with Crippen LogP contribution >= 0.6 is 11.6 Å². The van der Waals surface area contributed by atoms with Crippen LogP contribution in [0.15, 0.2) is 30.5 Å². The van der Waals surface area contributed by atoms with Gasteiger partial charge in [-0.05, 0) is 31.2 Å². The van der Waals surface area contributed by atoms with E-state index in [0.717, 1.165) is 16.6 Å². The molecule has 4 nitrogen and oxygen atoms in total. The number of nitrogens with zero attached hydrogens (tertiary/aromatic N) is 2. The molecule has 0 aliphatic heterocycles. The highest BCUT2D eigenvalue weighted by atomic mass is 35.5. The standard InChI is InChI=1S/C13H10ClFN4/c1-7-12-11(19-18-7)4-5-16-13(12)17-8-2-3-10(15)9(14)6-8/h2-6H,1H3,(H,16,17)(H,18,19). The summed E-state index contributed by atoms with van der Waals surface area (Å²) in [4.78, 5) is 4.28. The van der Waals surface area contributed by atoms with Crippen LogP contribution in [0, 0.1) is 12.7 Å².